The molecule has 246 valence electrons. The van der Waals surface area contributed by atoms with Crippen LogP contribution in [0.15, 0.2) is 84.9 Å². The smallest absolute Gasteiger partial charge is 0.261 e. The van der Waals surface area contributed by atoms with Crippen LogP contribution in [0.4, 0.5) is 0 Å². The van der Waals surface area contributed by atoms with E-state index in [1.807, 2.05) is 60.7 Å². The molecule has 2 heterocycles. The molecule has 1 fully saturated rings. The van der Waals surface area contributed by atoms with Gasteiger partial charge in [0.2, 0.25) is 17.7 Å². The third-order valence-electron chi connectivity index (χ3n) is 8.73. The molecule has 2 N–H and O–H groups in total. The Kier molecular flexibility index (Phi) is 11.4. The fraction of sp³-hybridized carbons (Fsp3) is 0.361. The largest absolute Gasteiger partial charge is 0.357 e. The second-order valence-corrected chi connectivity index (χ2v) is 12.6. The molecule has 47 heavy (non-hydrogen) atoms. The molecule has 3 aromatic carbocycles. The van der Waals surface area contributed by atoms with E-state index in [1.165, 1.54) is 4.90 Å². The van der Waals surface area contributed by atoms with Crippen molar-refractivity contribution in [2.45, 2.75) is 49.6 Å². The van der Waals surface area contributed by atoms with E-state index in [-0.39, 0.29) is 42.6 Å². The maximum absolute atomic E-state index is 14.1. The third-order valence-corrected chi connectivity index (χ3v) is 9.22. The number of benzene rings is 3. The van der Waals surface area contributed by atoms with Crippen LogP contribution in [0.3, 0.4) is 0 Å². The average Bonchev–Trinajstić information content (AvgIpc) is 3.23. The van der Waals surface area contributed by atoms with E-state index < -0.39 is 17.3 Å². The van der Waals surface area contributed by atoms with Gasteiger partial charge < -0.3 is 15.5 Å². The van der Waals surface area contributed by atoms with Gasteiger partial charge in [0.25, 0.3) is 11.8 Å². The quantitative estimate of drug-likeness (QED) is 0.148. The average molecular weight is 656 g/mol. The van der Waals surface area contributed by atoms with Gasteiger partial charge in [0.15, 0.2) is 0 Å². The van der Waals surface area contributed by atoms with Gasteiger partial charge in [-0.1, -0.05) is 79.2 Å². The summed E-state index contributed by atoms with van der Waals surface area (Å²) in [6.07, 6.45) is 1.80. The number of imide groups is 1. The Hall–Kier alpha value is -4.48. The van der Waals surface area contributed by atoms with Crippen molar-refractivity contribution in [3.63, 3.8) is 0 Å². The molecule has 10 nitrogen and oxygen atoms in total. The molecule has 1 saturated heterocycles. The number of unbranched alkanes of at least 4 members (excludes halogenated alkanes) is 1. The van der Waals surface area contributed by atoms with Crippen LogP contribution in [0.5, 0.6) is 0 Å². The van der Waals surface area contributed by atoms with Crippen LogP contribution in [-0.4, -0.2) is 94.8 Å². The highest BCUT2D eigenvalue weighted by Gasteiger charge is 2.38. The number of carbonyl (C=O) groups is 5. The van der Waals surface area contributed by atoms with Crippen molar-refractivity contribution in [3.8, 4) is 0 Å². The van der Waals surface area contributed by atoms with Crippen molar-refractivity contribution in [2.24, 2.45) is 0 Å². The first-order chi connectivity index (χ1) is 22.8. The first kappa shape index (κ1) is 33.9. The van der Waals surface area contributed by atoms with E-state index in [2.05, 4.69) is 28.2 Å². The number of nitrogens with one attached hydrogen (secondary N) is 2. The van der Waals surface area contributed by atoms with Crippen LogP contribution in [0, 0.1) is 0 Å². The van der Waals surface area contributed by atoms with E-state index in [9.17, 15) is 24.0 Å². The highest BCUT2D eigenvalue weighted by Crippen LogP contribution is 2.23. The molecule has 0 saturated carbocycles. The first-order valence-electron chi connectivity index (χ1n) is 16.0. The SMILES string of the molecule is CNC(=O)[C@H](Cc1ccccc1)N1CCN(Cc2ccccc2)C[C@H](NC(=O)C(S)CCCCN2C(=O)c3ccccc3C2=O)C1=O. The topological polar surface area (TPSA) is 119 Å². The van der Waals surface area contributed by atoms with E-state index in [0.29, 0.717) is 56.4 Å². The molecule has 2 aliphatic rings. The van der Waals surface area contributed by atoms with Gasteiger partial charge in [0.05, 0.1) is 16.4 Å². The number of thiol groups is 1. The van der Waals surface area contributed by atoms with Crippen molar-refractivity contribution in [1.82, 2.24) is 25.3 Å². The van der Waals surface area contributed by atoms with Gasteiger partial charge >= 0.3 is 0 Å². The van der Waals surface area contributed by atoms with Crippen LogP contribution in [0.25, 0.3) is 0 Å². The van der Waals surface area contributed by atoms with Gasteiger partial charge in [-0.2, -0.15) is 12.6 Å². The first-order valence-corrected chi connectivity index (χ1v) is 16.5. The summed E-state index contributed by atoms with van der Waals surface area (Å²) in [6, 6.07) is 24.6. The minimum Gasteiger partial charge on any atom is -0.357 e. The molecule has 0 bridgehead atoms. The Labute approximate surface area is 280 Å². The summed E-state index contributed by atoms with van der Waals surface area (Å²) < 4.78 is 0. The predicted molar refractivity (Wildman–Crippen MR) is 182 cm³/mol. The van der Waals surface area contributed by atoms with E-state index >= 15 is 0 Å². The molecular formula is C36H41N5O5S. The lowest BCUT2D eigenvalue weighted by atomic mass is 10.0. The molecule has 0 aliphatic carbocycles. The molecule has 3 aromatic rings. The Balaban J connectivity index is 1.24. The minimum atomic E-state index is -0.885. The maximum Gasteiger partial charge on any atom is 0.261 e. The number of carbonyl (C=O) groups excluding carboxylic acids is 5. The molecule has 0 spiro atoms. The number of hydrogen-bond acceptors (Lipinski definition) is 7. The van der Waals surface area contributed by atoms with Crippen LogP contribution in [0.2, 0.25) is 0 Å². The van der Waals surface area contributed by atoms with Crippen LogP contribution >= 0.6 is 12.6 Å². The zero-order valence-corrected chi connectivity index (χ0v) is 27.4. The molecular weight excluding hydrogens is 614 g/mol. The zero-order valence-electron chi connectivity index (χ0n) is 26.5. The molecule has 0 radical (unpaired) electrons. The molecule has 5 rings (SSSR count). The Morgan fingerprint density at radius 3 is 2.02 bits per heavy atom. The standard InChI is InChI=1S/C36H41N5O5S/c1-37-32(42)30(22-25-12-4-2-5-13-25)40-21-20-39(23-26-14-6-3-7-15-26)24-29(36(40)46)38-33(43)31(47)18-10-11-19-41-34(44)27-16-8-9-17-28(27)35(41)45/h2-9,12-17,29-31,47H,10-11,18-24H2,1H3,(H,37,42)(H,38,43)/t29-,30-,31?/m0/s1. The number of rotatable bonds is 13. The number of hydrogen-bond donors (Lipinski definition) is 3. The molecule has 11 heteroatoms. The summed E-state index contributed by atoms with van der Waals surface area (Å²) in [5.41, 5.74) is 2.83. The lowest BCUT2D eigenvalue weighted by Gasteiger charge is -2.31. The highest BCUT2D eigenvalue weighted by molar-refractivity contribution is 7.81. The zero-order chi connectivity index (χ0) is 33.3. The fourth-order valence-corrected chi connectivity index (χ4v) is 6.44. The molecule has 5 amide bonds. The van der Waals surface area contributed by atoms with Crippen molar-refractivity contribution in [3.05, 3.63) is 107 Å². The monoisotopic (exact) mass is 655 g/mol. The summed E-state index contributed by atoms with van der Waals surface area (Å²) >= 11 is 4.56. The highest BCUT2D eigenvalue weighted by atomic mass is 32.1. The second kappa shape index (κ2) is 15.9. The van der Waals surface area contributed by atoms with Crippen LogP contribution in [0.1, 0.15) is 51.1 Å². The van der Waals surface area contributed by atoms with Gasteiger partial charge in [-0.15, -0.1) is 0 Å². The summed E-state index contributed by atoms with van der Waals surface area (Å²) in [5, 5.41) is 4.95. The van der Waals surface area contributed by atoms with Gasteiger partial charge in [-0.25, -0.2) is 0 Å². The van der Waals surface area contributed by atoms with Crippen LogP contribution < -0.4 is 10.6 Å². The van der Waals surface area contributed by atoms with Crippen LogP contribution in [-0.2, 0) is 27.3 Å². The van der Waals surface area contributed by atoms with E-state index in [0.717, 1.165) is 11.1 Å². The lowest BCUT2D eigenvalue weighted by molar-refractivity contribution is -0.142. The Morgan fingerprint density at radius 1 is 0.809 bits per heavy atom. The maximum atomic E-state index is 14.1. The summed E-state index contributed by atoms with van der Waals surface area (Å²) in [6.45, 7) is 1.96. The summed E-state index contributed by atoms with van der Waals surface area (Å²) in [7, 11) is 1.56. The van der Waals surface area contributed by atoms with E-state index in [1.54, 1.807) is 36.2 Å². The van der Waals surface area contributed by atoms with E-state index in [4.69, 9.17) is 0 Å². The van der Waals surface area contributed by atoms with Gasteiger partial charge in [0.1, 0.15) is 12.1 Å². The van der Waals surface area contributed by atoms with Crippen molar-refractivity contribution in [2.75, 3.05) is 33.2 Å². The lowest BCUT2D eigenvalue weighted by Crippen LogP contribution is -2.57. The number of amides is 5. The van der Waals surface area contributed by atoms with Gasteiger partial charge in [-0.05, 0) is 36.1 Å². The fourth-order valence-electron chi connectivity index (χ4n) is 6.19. The minimum absolute atomic E-state index is 0.251. The Bertz CT molecular complexity index is 1550. The van der Waals surface area contributed by atoms with Gasteiger partial charge in [-0.3, -0.25) is 33.8 Å². The number of nitrogens with zero attached hydrogens (tertiary/aromatic N) is 3. The third kappa shape index (κ3) is 8.28. The molecule has 0 aromatic heterocycles. The number of fused-ring (bicyclic) bond motifs is 1. The number of likely N-dealkylation sites (N-methyl/N-ethyl adjacent to an activating group) is 1. The molecule has 1 unspecified atom stereocenters. The van der Waals surface area contributed by atoms with Crippen molar-refractivity contribution < 1.29 is 24.0 Å². The summed E-state index contributed by atoms with van der Waals surface area (Å²) in [4.78, 5) is 71.0. The molecule has 2 aliphatic heterocycles. The van der Waals surface area contributed by atoms with Crippen molar-refractivity contribution >= 4 is 42.2 Å². The van der Waals surface area contributed by atoms with Crippen molar-refractivity contribution in [1.29, 1.82) is 0 Å². The second-order valence-electron chi connectivity index (χ2n) is 12.0. The normalized spacial score (nSPS) is 18.0. The summed E-state index contributed by atoms with van der Waals surface area (Å²) in [5.74, 6) is -1.57. The Morgan fingerprint density at radius 2 is 1.40 bits per heavy atom. The molecule has 3 atom stereocenters. The predicted octanol–water partition coefficient (Wildman–Crippen LogP) is 2.94. The van der Waals surface area contributed by atoms with Gasteiger partial charge in [0, 0.05) is 46.2 Å².